The monoisotopic (exact) mass is 323 g/mol. The van der Waals surface area contributed by atoms with Crippen LogP contribution < -0.4 is 10.9 Å². The quantitative estimate of drug-likeness (QED) is 0.837. The van der Waals surface area contributed by atoms with Gasteiger partial charge in [0, 0.05) is 17.3 Å². The lowest BCUT2D eigenvalue weighted by atomic mass is 10.1. The van der Waals surface area contributed by atoms with Gasteiger partial charge in [-0.1, -0.05) is 19.8 Å². The number of nitrogens with zero attached hydrogens (tertiary/aromatic N) is 2. The summed E-state index contributed by atoms with van der Waals surface area (Å²) in [6, 6.07) is -1.00. The summed E-state index contributed by atoms with van der Waals surface area (Å²) in [5.74, 6) is -1.82. The second kappa shape index (κ2) is 6.69. The summed E-state index contributed by atoms with van der Waals surface area (Å²) < 4.78 is 1.35. The fraction of sp³-hybridized carbons (Fsp3) is 0.429. The van der Waals surface area contributed by atoms with E-state index in [2.05, 4.69) is 10.3 Å². The van der Waals surface area contributed by atoms with Crippen molar-refractivity contribution in [2.45, 2.75) is 39.2 Å². The first-order valence-corrected chi connectivity index (χ1v) is 7.83. The summed E-state index contributed by atoms with van der Waals surface area (Å²) in [4.78, 5) is 40.3. The second-order valence-electron chi connectivity index (χ2n) is 4.98. The third kappa shape index (κ3) is 3.16. The molecule has 2 aromatic heterocycles. The van der Waals surface area contributed by atoms with Gasteiger partial charge in [-0.25, -0.2) is 9.78 Å². The highest BCUT2D eigenvalue weighted by Gasteiger charge is 2.22. The first kappa shape index (κ1) is 16.2. The molecule has 0 saturated carbocycles. The molecule has 0 radical (unpaired) electrons. The molecule has 0 aromatic carbocycles. The highest BCUT2D eigenvalue weighted by atomic mass is 32.1. The maximum atomic E-state index is 12.3. The molecule has 22 heavy (non-hydrogen) atoms. The highest BCUT2D eigenvalue weighted by molar-refractivity contribution is 7.15. The van der Waals surface area contributed by atoms with E-state index >= 15 is 0 Å². The molecule has 0 aliphatic rings. The van der Waals surface area contributed by atoms with E-state index in [1.54, 1.807) is 12.3 Å². The van der Waals surface area contributed by atoms with Crippen molar-refractivity contribution in [2.24, 2.45) is 0 Å². The Hall–Kier alpha value is -2.22. The topological polar surface area (TPSA) is 101 Å². The molecule has 1 atom stereocenters. The number of amides is 1. The molecular weight excluding hydrogens is 306 g/mol. The molecule has 1 unspecified atom stereocenters. The van der Waals surface area contributed by atoms with E-state index in [0.29, 0.717) is 23.5 Å². The molecule has 2 aromatic rings. The Morgan fingerprint density at radius 1 is 1.50 bits per heavy atom. The van der Waals surface area contributed by atoms with Crippen molar-refractivity contribution in [3.05, 3.63) is 33.2 Å². The largest absolute Gasteiger partial charge is 0.480 e. The van der Waals surface area contributed by atoms with Crippen LogP contribution >= 0.6 is 11.3 Å². The van der Waals surface area contributed by atoms with Crippen LogP contribution in [0.4, 0.5) is 0 Å². The van der Waals surface area contributed by atoms with Gasteiger partial charge in [0.25, 0.3) is 11.5 Å². The van der Waals surface area contributed by atoms with Crippen LogP contribution in [0.15, 0.2) is 16.4 Å². The number of nitrogens with one attached hydrogen (secondary N) is 1. The van der Waals surface area contributed by atoms with Gasteiger partial charge in [0.2, 0.25) is 0 Å². The first-order chi connectivity index (χ1) is 10.5. The lowest BCUT2D eigenvalue weighted by molar-refractivity contribution is -0.139. The molecule has 0 spiro atoms. The molecule has 1 amide bonds. The van der Waals surface area contributed by atoms with Crippen LogP contribution in [0.2, 0.25) is 0 Å². The van der Waals surface area contributed by atoms with Crippen LogP contribution in [0.3, 0.4) is 0 Å². The fourth-order valence-corrected chi connectivity index (χ4v) is 2.91. The van der Waals surface area contributed by atoms with Crippen LogP contribution in [-0.2, 0) is 4.79 Å². The molecule has 0 aliphatic heterocycles. The Morgan fingerprint density at radius 2 is 2.23 bits per heavy atom. The van der Waals surface area contributed by atoms with Crippen molar-refractivity contribution in [1.29, 1.82) is 0 Å². The number of carboxylic acids is 1. The first-order valence-electron chi connectivity index (χ1n) is 6.95. The van der Waals surface area contributed by atoms with Crippen LogP contribution in [-0.4, -0.2) is 32.4 Å². The van der Waals surface area contributed by atoms with Crippen molar-refractivity contribution in [3.63, 3.8) is 0 Å². The van der Waals surface area contributed by atoms with Crippen LogP contribution in [0.1, 0.15) is 42.2 Å². The van der Waals surface area contributed by atoms with E-state index in [-0.39, 0.29) is 5.56 Å². The molecule has 118 valence electrons. The minimum atomic E-state index is -1.11. The summed E-state index contributed by atoms with van der Waals surface area (Å²) in [6.07, 6.45) is 3.02. The third-order valence-electron chi connectivity index (χ3n) is 3.31. The Labute approximate surface area is 130 Å². The van der Waals surface area contributed by atoms with E-state index in [1.807, 2.05) is 6.92 Å². The minimum absolute atomic E-state index is 0.151. The molecular formula is C14H17N3O4S. The van der Waals surface area contributed by atoms with Gasteiger partial charge in [0.1, 0.15) is 11.6 Å². The molecule has 0 fully saturated rings. The summed E-state index contributed by atoms with van der Waals surface area (Å²) >= 11 is 1.30. The predicted octanol–water partition coefficient (Wildman–Crippen LogP) is 1.44. The standard InChI is InChI=1S/C14H17N3O4S/c1-3-4-5-10(13(20)21)16-11(18)9-6-15-14-17(12(9)19)8(2)7-22-14/h6-7,10H,3-5H2,1-2H3,(H,16,18)(H,20,21). The molecule has 2 N–H and O–H groups in total. The third-order valence-corrected chi connectivity index (χ3v) is 4.27. The molecule has 8 heteroatoms. The number of carbonyl (C=O) groups is 2. The maximum absolute atomic E-state index is 12.3. The number of aliphatic carboxylic acids is 1. The average Bonchev–Trinajstić information content (AvgIpc) is 2.85. The number of aryl methyl sites for hydroxylation is 1. The van der Waals surface area contributed by atoms with Gasteiger partial charge >= 0.3 is 5.97 Å². The summed E-state index contributed by atoms with van der Waals surface area (Å²) in [6.45, 7) is 3.68. The van der Waals surface area contributed by atoms with E-state index in [4.69, 9.17) is 5.11 Å². The molecule has 7 nitrogen and oxygen atoms in total. The number of thiazole rings is 1. The van der Waals surface area contributed by atoms with Crippen LogP contribution in [0.5, 0.6) is 0 Å². The molecule has 2 heterocycles. The zero-order valence-corrected chi connectivity index (χ0v) is 13.1. The number of carboxylic acid groups (broad SMARTS) is 1. The maximum Gasteiger partial charge on any atom is 0.326 e. The number of aromatic nitrogens is 2. The number of fused-ring (bicyclic) bond motifs is 1. The zero-order valence-electron chi connectivity index (χ0n) is 12.3. The van der Waals surface area contributed by atoms with E-state index in [9.17, 15) is 14.4 Å². The highest BCUT2D eigenvalue weighted by Crippen LogP contribution is 2.11. The normalized spacial score (nSPS) is 12.3. The second-order valence-corrected chi connectivity index (χ2v) is 5.82. The predicted molar refractivity (Wildman–Crippen MR) is 82.5 cm³/mol. The summed E-state index contributed by atoms with van der Waals surface area (Å²) in [7, 11) is 0. The zero-order chi connectivity index (χ0) is 16.3. The molecule has 2 rings (SSSR count). The SMILES string of the molecule is CCCCC(NC(=O)c1cnc2scc(C)n2c1=O)C(=O)O. The fourth-order valence-electron chi connectivity index (χ4n) is 2.08. The molecule has 0 bridgehead atoms. The lowest BCUT2D eigenvalue weighted by Gasteiger charge is -2.13. The van der Waals surface area contributed by atoms with Gasteiger partial charge in [-0.15, -0.1) is 11.3 Å². The van der Waals surface area contributed by atoms with Gasteiger partial charge in [0.15, 0.2) is 4.96 Å². The van der Waals surface area contributed by atoms with Gasteiger partial charge in [-0.05, 0) is 13.3 Å². The van der Waals surface area contributed by atoms with Crippen molar-refractivity contribution >= 4 is 28.2 Å². The van der Waals surface area contributed by atoms with Crippen LogP contribution in [0.25, 0.3) is 4.96 Å². The number of carbonyl (C=O) groups excluding carboxylic acids is 1. The molecule has 0 aliphatic carbocycles. The summed E-state index contributed by atoms with van der Waals surface area (Å²) in [5, 5.41) is 13.3. The van der Waals surface area contributed by atoms with Gasteiger partial charge in [0.05, 0.1) is 0 Å². The van der Waals surface area contributed by atoms with Crippen molar-refractivity contribution < 1.29 is 14.7 Å². The van der Waals surface area contributed by atoms with E-state index in [0.717, 1.165) is 6.42 Å². The minimum Gasteiger partial charge on any atom is -0.480 e. The Morgan fingerprint density at radius 3 is 2.86 bits per heavy atom. The van der Waals surface area contributed by atoms with Crippen molar-refractivity contribution in [1.82, 2.24) is 14.7 Å². The number of rotatable bonds is 6. The Bertz CT molecular complexity index is 765. The Balaban J connectivity index is 2.29. The lowest BCUT2D eigenvalue weighted by Crippen LogP contribution is -2.42. The Kier molecular flexibility index (Phi) is 4.92. The summed E-state index contributed by atoms with van der Waals surface area (Å²) in [5.41, 5.74) is 0.0514. The number of unbranched alkanes of at least 4 members (excludes halogenated alkanes) is 1. The van der Waals surface area contributed by atoms with Gasteiger partial charge in [-0.2, -0.15) is 0 Å². The van der Waals surface area contributed by atoms with Crippen LogP contribution in [0, 0.1) is 6.92 Å². The van der Waals surface area contributed by atoms with Gasteiger partial charge in [-0.3, -0.25) is 14.0 Å². The van der Waals surface area contributed by atoms with Crippen molar-refractivity contribution in [2.75, 3.05) is 0 Å². The smallest absolute Gasteiger partial charge is 0.326 e. The molecule has 0 saturated heterocycles. The van der Waals surface area contributed by atoms with Gasteiger partial charge < -0.3 is 10.4 Å². The van der Waals surface area contributed by atoms with E-state index < -0.39 is 23.5 Å². The van der Waals surface area contributed by atoms with E-state index in [1.165, 1.54) is 21.9 Å². The average molecular weight is 323 g/mol. The number of hydrogen-bond donors (Lipinski definition) is 2. The number of hydrogen-bond acceptors (Lipinski definition) is 5. The van der Waals surface area contributed by atoms with Crippen molar-refractivity contribution in [3.8, 4) is 0 Å².